The fourth-order valence-electron chi connectivity index (χ4n) is 4.67. The molecule has 2 aromatic rings. The van der Waals surface area contributed by atoms with E-state index in [2.05, 4.69) is 10.2 Å². The second-order valence-electron chi connectivity index (χ2n) is 8.03. The number of hydrogen-bond donors (Lipinski definition) is 1. The van der Waals surface area contributed by atoms with E-state index in [0.29, 0.717) is 23.4 Å². The van der Waals surface area contributed by atoms with Crippen molar-refractivity contribution in [1.82, 2.24) is 5.32 Å². The van der Waals surface area contributed by atoms with Gasteiger partial charge in [-0.05, 0) is 56.2 Å². The Balaban J connectivity index is 1.61. The Labute approximate surface area is 181 Å². The van der Waals surface area contributed by atoms with Gasteiger partial charge >= 0.3 is 0 Å². The molecule has 1 N–H and O–H groups in total. The third kappa shape index (κ3) is 3.08. The lowest BCUT2D eigenvalue weighted by Gasteiger charge is -2.42. The first-order chi connectivity index (χ1) is 14.4. The molecule has 0 saturated carbocycles. The normalized spacial score (nSPS) is 23.3. The van der Waals surface area contributed by atoms with Crippen molar-refractivity contribution in [2.75, 3.05) is 21.3 Å². The third-order valence-electron chi connectivity index (χ3n) is 6.15. The largest absolute Gasteiger partial charge is 0.365 e. The van der Waals surface area contributed by atoms with Crippen LogP contribution in [0.15, 0.2) is 60.0 Å². The van der Waals surface area contributed by atoms with Crippen molar-refractivity contribution in [3.63, 3.8) is 0 Å². The number of sulfone groups is 1. The molecule has 0 radical (unpaired) electrons. The zero-order valence-electron chi connectivity index (χ0n) is 16.5. The van der Waals surface area contributed by atoms with E-state index in [1.165, 1.54) is 0 Å². The van der Waals surface area contributed by atoms with E-state index < -0.39 is 9.84 Å². The minimum atomic E-state index is -2.95. The predicted molar refractivity (Wildman–Crippen MR) is 118 cm³/mol. The molecule has 1 amide bonds. The van der Waals surface area contributed by atoms with E-state index >= 15 is 0 Å². The number of anilines is 2. The summed E-state index contributed by atoms with van der Waals surface area (Å²) in [7, 11) is -2.95. The van der Waals surface area contributed by atoms with E-state index in [0.717, 1.165) is 22.9 Å². The van der Waals surface area contributed by atoms with Crippen LogP contribution >= 0.6 is 11.6 Å². The summed E-state index contributed by atoms with van der Waals surface area (Å²) in [6.45, 7) is 1.96. The van der Waals surface area contributed by atoms with Crippen LogP contribution in [0.5, 0.6) is 0 Å². The van der Waals surface area contributed by atoms with Crippen molar-refractivity contribution in [3.8, 4) is 0 Å². The van der Waals surface area contributed by atoms with Crippen molar-refractivity contribution < 1.29 is 13.2 Å². The predicted octanol–water partition coefficient (Wildman–Crippen LogP) is 3.75. The van der Waals surface area contributed by atoms with E-state index in [4.69, 9.17) is 11.6 Å². The second kappa shape index (κ2) is 7.03. The minimum absolute atomic E-state index is 0.0906. The van der Waals surface area contributed by atoms with Gasteiger partial charge in [0.2, 0.25) is 0 Å². The lowest BCUT2D eigenvalue weighted by Crippen LogP contribution is -2.51. The standard InChI is InChI=1S/C22H22ClN3O3S/c1-14-21-25(17-8-6-16(23)7-9-17)22(27)18-4-2-3-5-19(18)26(21)20(24-14)15-10-12-30(28,29)13-11-15/h2-9,15,20,24H,10-13H2,1H3. The number of nitrogens with one attached hydrogen (secondary N) is 1. The quantitative estimate of drug-likeness (QED) is 0.765. The van der Waals surface area contributed by atoms with Crippen molar-refractivity contribution >= 4 is 38.7 Å². The highest BCUT2D eigenvalue weighted by Gasteiger charge is 2.46. The van der Waals surface area contributed by atoms with E-state index in [-0.39, 0.29) is 29.5 Å². The van der Waals surface area contributed by atoms with E-state index in [1.54, 1.807) is 17.0 Å². The molecule has 0 aromatic heterocycles. The number of rotatable bonds is 2. The highest BCUT2D eigenvalue weighted by atomic mass is 35.5. The summed E-state index contributed by atoms with van der Waals surface area (Å²) in [5.41, 5.74) is 3.12. The summed E-state index contributed by atoms with van der Waals surface area (Å²) in [4.78, 5) is 17.4. The Hall–Kier alpha value is -2.51. The van der Waals surface area contributed by atoms with Gasteiger partial charge in [0.1, 0.15) is 21.8 Å². The van der Waals surface area contributed by atoms with Gasteiger partial charge in [0.05, 0.1) is 34.1 Å². The number of carbonyl (C=O) groups excluding carboxylic acids is 1. The molecule has 2 aromatic carbocycles. The summed E-state index contributed by atoms with van der Waals surface area (Å²) in [5.74, 6) is 1.28. The zero-order valence-corrected chi connectivity index (χ0v) is 18.1. The number of allylic oxidation sites excluding steroid dienone is 1. The Morgan fingerprint density at radius 3 is 2.40 bits per heavy atom. The maximum Gasteiger partial charge on any atom is 0.266 e. The Bertz CT molecular complexity index is 1150. The molecule has 8 heteroatoms. The summed E-state index contributed by atoms with van der Waals surface area (Å²) in [5, 5.41) is 4.16. The number of fused-ring (bicyclic) bond motifs is 3. The Kier molecular flexibility index (Phi) is 4.56. The van der Waals surface area contributed by atoms with Crippen molar-refractivity contribution in [3.05, 3.63) is 70.6 Å². The third-order valence-corrected chi connectivity index (χ3v) is 8.11. The fourth-order valence-corrected chi connectivity index (χ4v) is 6.32. The van der Waals surface area contributed by atoms with E-state index in [1.807, 2.05) is 43.3 Å². The molecule has 1 saturated heterocycles. The fraction of sp³-hybridized carbons (Fsp3) is 0.318. The number of carbonyl (C=O) groups is 1. The molecule has 5 rings (SSSR count). The van der Waals surface area contributed by atoms with Crippen LogP contribution in [0.3, 0.4) is 0 Å². The minimum Gasteiger partial charge on any atom is -0.365 e. The average Bonchev–Trinajstić information content (AvgIpc) is 3.07. The second-order valence-corrected chi connectivity index (χ2v) is 10.8. The Morgan fingerprint density at radius 1 is 1.03 bits per heavy atom. The monoisotopic (exact) mass is 443 g/mol. The van der Waals surface area contributed by atoms with E-state index in [9.17, 15) is 13.2 Å². The van der Waals surface area contributed by atoms with Crippen LogP contribution in [0.25, 0.3) is 0 Å². The molecule has 1 fully saturated rings. The molecule has 0 aliphatic carbocycles. The molecule has 3 heterocycles. The lowest BCUT2D eigenvalue weighted by molar-refractivity contribution is 0.0990. The van der Waals surface area contributed by atoms with Crippen molar-refractivity contribution in [2.45, 2.75) is 25.9 Å². The summed E-state index contributed by atoms with van der Waals surface area (Å²) in [6.07, 6.45) is 1.11. The van der Waals surface area contributed by atoms with Crippen LogP contribution in [-0.2, 0) is 9.84 Å². The van der Waals surface area contributed by atoms with Crippen molar-refractivity contribution in [2.24, 2.45) is 5.92 Å². The van der Waals surface area contributed by atoms with Crippen molar-refractivity contribution in [1.29, 1.82) is 0 Å². The summed E-state index contributed by atoms with van der Waals surface area (Å²) >= 11 is 6.07. The zero-order chi connectivity index (χ0) is 21.0. The van der Waals surface area contributed by atoms with Crippen LogP contribution in [0.1, 0.15) is 30.1 Å². The van der Waals surface area contributed by atoms with Crippen LogP contribution in [0.4, 0.5) is 11.4 Å². The molecule has 6 nitrogen and oxygen atoms in total. The molecule has 3 aliphatic heterocycles. The first-order valence-electron chi connectivity index (χ1n) is 10.0. The van der Waals surface area contributed by atoms with Gasteiger partial charge in [-0.15, -0.1) is 0 Å². The molecule has 156 valence electrons. The maximum atomic E-state index is 13.5. The smallest absolute Gasteiger partial charge is 0.266 e. The molecule has 1 unspecified atom stereocenters. The van der Waals surface area contributed by atoms with Gasteiger partial charge < -0.3 is 10.2 Å². The molecule has 3 aliphatic rings. The van der Waals surface area contributed by atoms with Crippen LogP contribution in [-0.4, -0.2) is 32.0 Å². The topological polar surface area (TPSA) is 69.7 Å². The maximum absolute atomic E-state index is 13.5. The SMILES string of the molecule is CC1=C2N(c3ccc(Cl)cc3)C(=O)c3ccccc3N2C(C2CCS(=O)(=O)CC2)N1. The molecular formula is C22H22ClN3O3S. The average molecular weight is 444 g/mol. The van der Waals surface area contributed by atoms with Gasteiger partial charge in [-0.2, -0.15) is 0 Å². The molecular weight excluding hydrogens is 422 g/mol. The first kappa shape index (κ1) is 19.5. The number of para-hydroxylation sites is 1. The number of halogens is 1. The number of nitrogens with zero attached hydrogens (tertiary/aromatic N) is 2. The molecule has 0 bridgehead atoms. The molecule has 1 atom stereocenters. The van der Waals surface area contributed by atoms with Gasteiger partial charge in [0.25, 0.3) is 5.91 Å². The summed E-state index contributed by atoms with van der Waals surface area (Å²) in [6, 6.07) is 14.8. The van der Waals surface area contributed by atoms with Gasteiger partial charge in [0.15, 0.2) is 0 Å². The summed E-state index contributed by atoms with van der Waals surface area (Å²) < 4.78 is 23.9. The lowest BCUT2D eigenvalue weighted by atomic mass is 9.96. The van der Waals surface area contributed by atoms with Gasteiger partial charge in [-0.3, -0.25) is 9.69 Å². The highest BCUT2D eigenvalue weighted by molar-refractivity contribution is 7.91. The van der Waals surface area contributed by atoms with Gasteiger partial charge in [0, 0.05) is 10.9 Å². The molecule has 30 heavy (non-hydrogen) atoms. The number of amides is 1. The Morgan fingerprint density at radius 2 is 1.70 bits per heavy atom. The number of benzene rings is 2. The highest BCUT2D eigenvalue weighted by Crippen LogP contribution is 2.43. The number of hydrogen-bond acceptors (Lipinski definition) is 5. The first-order valence-corrected chi connectivity index (χ1v) is 12.2. The van der Waals surface area contributed by atoms with Gasteiger partial charge in [-0.25, -0.2) is 8.42 Å². The molecule has 0 spiro atoms. The van der Waals surface area contributed by atoms with Crippen LogP contribution in [0.2, 0.25) is 5.02 Å². The van der Waals surface area contributed by atoms with Crippen LogP contribution in [0, 0.1) is 5.92 Å². The van der Waals surface area contributed by atoms with Crippen LogP contribution < -0.4 is 15.1 Å². The van der Waals surface area contributed by atoms with Gasteiger partial charge in [-0.1, -0.05) is 23.7 Å².